The molecule has 3 nitrogen and oxygen atoms in total. The lowest BCUT2D eigenvalue weighted by Crippen LogP contribution is -2.31. The zero-order chi connectivity index (χ0) is 12.3. The van der Waals surface area contributed by atoms with Gasteiger partial charge in [0, 0.05) is 23.2 Å². The molecule has 0 aromatic heterocycles. The fourth-order valence-corrected chi connectivity index (χ4v) is 1.21. The zero-order valence-corrected chi connectivity index (χ0v) is 9.18. The molecule has 0 aliphatic heterocycles. The summed E-state index contributed by atoms with van der Waals surface area (Å²) < 4.78 is 25.3. The topological polar surface area (TPSA) is 49.3 Å². The number of halogens is 3. The highest BCUT2D eigenvalue weighted by molar-refractivity contribution is 6.31. The SMILES string of the molecule is CC(F)(F)C(=O)Nc1cc(Cl)ccc1CO. The summed E-state index contributed by atoms with van der Waals surface area (Å²) in [5.74, 6) is -4.92. The fourth-order valence-electron chi connectivity index (χ4n) is 1.03. The second-order valence-electron chi connectivity index (χ2n) is 3.30. The Balaban J connectivity index is 2.96. The number of rotatable bonds is 3. The summed E-state index contributed by atoms with van der Waals surface area (Å²) in [5, 5.41) is 11.2. The van der Waals surface area contributed by atoms with Gasteiger partial charge < -0.3 is 10.4 Å². The van der Waals surface area contributed by atoms with E-state index in [0.29, 0.717) is 12.5 Å². The van der Waals surface area contributed by atoms with Gasteiger partial charge in [-0.2, -0.15) is 8.78 Å². The molecule has 0 aliphatic rings. The van der Waals surface area contributed by atoms with Crippen LogP contribution >= 0.6 is 11.6 Å². The van der Waals surface area contributed by atoms with E-state index in [1.54, 1.807) is 0 Å². The number of carbonyl (C=O) groups is 1. The summed E-state index contributed by atoms with van der Waals surface area (Å²) >= 11 is 5.65. The molecule has 0 saturated heterocycles. The average molecular weight is 250 g/mol. The van der Waals surface area contributed by atoms with Crippen molar-refractivity contribution in [2.75, 3.05) is 5.32 Å². The highest BCUT2D eigenvalue weighted by Crippen LogP contribution is 2.23. The first-order valence-corrected chi connectivity index (χ1v) is 4.81. The Hall–Kier alpha value is -1.20. The lowest BCUT2D eigenvalue weighted by Gasteiger charge is -2.13. The van der Waals surface area contributed by atoms with Crippen molar-refractivity contribution in [2.24, 2.45) is 0 Å². The number of benzene rings is 1. The van der Waals surface area contributed by atoms with Gasteiger partial charge in [0.2, 0.25) is 0 Å². The van der Waals surface area contributed by atoms with E-state index in [0.717, 1.165) is 0 Å². The largest absolute Gasteiger partial charge is 0.392 e. The molecule has 0 atom stereocenters. The molecule has 0 saturated carbocycles. The Bertz CT molecular complexity index is 404. The number of hydrogen-bond acceptors (Lipinski definition) is 2. The standard InChI is InChI=1S/C10H10ClF2NO2/c1-10(12,13)9(16)14-8-4-7(11)3-2-6(8)5-15/h2-4,15H,5H2,1H3,(H,14,16). The zero-order valence-electron chi connectivity index (χ0n) is 8.43. The third-order valence-electron chi connectivity index (χ3n) is 1.89. The highest BCUT2D eigenvalue weighted by Gasteiger charge is 2.32. The quantitative estimate of drug-likeness (QED) is 0.864. The Morgan fingerprint density at radius 2 is 2.19 bits per heavy atom. The number of anilines is 1. The Morgan fingerprint density at radius 1 is 1.56 bits per heavy atom. The van der Waals surface area contributed by atoms with E-state index in [-0.39, 0.29) is 17.3 Å². The van der Waals surface area contributed by atoms with Crippen molar-refractivity contribution >= 4 is 23.2 Å². The maximum atomic E-state index is 12.6. The number of aliphatic hydroxyl groups excluding tert-OH is 1. The number of alkyl halides is 2. The minimum Gasteiger partial charge on any atom is -0.392 e. The van der Waals surface area contributed by atoms with E-state index in [2.05, 4.69) is 0 Å². The molecule has 1 rings (SSSR count). The number of nitrogens with one attached hydrogen (secondary N) is 1. The van der Waals surface area contributed by atoms with Crippen molar-refractivity contribution in [1.82, 2.24) is 0 Å². The molecule has 0 heterocycles. The van der Waals surface area contributed by atoms with Gasteiger partial charge in [0.1, 0.15) is 0 Å². The van der Waals surface area contributed by atoms with Gasteiger partial charge in [-0.15, -0.1) is 0 Å². The van der Waals surface area contributed by atoms with Gasteiger partial charge in [-0.3, -0.25) is 4.79 Å². The molecule has 1 amide bonds. The normalized spacial score (nSPS) is 11.3. The van der Waals surface area contributed by atoms with Crippen molar-refractivity contribution in [3.63, 3.8) is 0 Å². The molecular weight excluding hydrogens is 240 g/mol. The van der Waals surface area contributed by atoms with Gasteiger partial charge in [-0.1, -0.05) is 17.7 Å². The van der Waals surface area contributed by atoms with Crippen LogP contribution in [0.25, 0.3) is 0 Å². The molecule has 0 unspecified atom stereocenters. The van der Waals surface area contributed by atoms with Crippen LogP contribution in [0.5, 0.6) is 0 Å². The van der Waals surface area contributed by atoms with E-state index >= 15 is 0 Å². The average Bonchev–Trinajstić information content (AvgIpc) is 2.16. The van der Waals surface area contributed by atoms with Gasteiger partial charge in [0.25, 0.3) is 5.91 Å². The van der Waals surface area contributed by atoms with Gasteiger partial charge in [-0.05, 0) is 12.1 Å². The molecule has 2 N–H and O–H groups in total. The molecule has 0 radical (unpaired) electrons. The number of hydrogen-bond donors (Lipinski definition) is 2. The number of amides is 1. The third kappa shape index (κ3) is 3.15. The van der Waals surface area contributed by atoms with Gasteiger partial charge >= 0.3 is 5.92 Å². The fraction of sp³-hybridized carbons (Fsp3) is 0.300. The Kier molecular flexibility index (Phi) is 3.83. The number of aliphatic hydroxyl groups is 1. The van der Waals surface area contributed by atoms with Crippen LogP contribution in [0.3, 0.4) is 0 Å². The molecule has 0 fully saturated rings. The maximum Gasteiger partial charge on any atom is 0.322 e. The summed E-state index contributed by atoms with van der Waals surface area (Å²) in [5.41, 5.74) is 0.406. The summed E-state index contributed by atoms with van der Waals surface area (Å²) in [4.78, 5) is 11.0. The van der Waals surface area contributed by atoms with Crippen molar-refractivity contribution in [2.45, 2.75) is 19.5 Å². The minimum atomic E-state index is -3.48. The van der Waals surface area contributed by atoms with E-state index in [4.69, 9.17) is 16.7 Å². The third-order valence-corrected chi connectivity index (χ3v) is 2.12. The first kappa shape index (κ1) is 12.9. The Labute approximate surface area is 96.0 Å². The highest BCUT2D eigenvalue weighted by atomic mass is 35.5. The van der Waals surface area contributed by atoms with Crippen LogP contribution in [-0.2, 0) is 11.4 Å². The van der Waals surface area contributed by atoms with Crippen LogP contribution in [0.15, 0.2) is 18.2 Å². The molecule has 1 aromatic carbocycles. The maximum absolute atomic E-state index is 12.6. The Morgan fingerprint density at radius 3 is 2.69 bits per heavy atom. The summed E-state index contributed by atoms with van der Waals surface area (Å²) in [7, 11) is 0. The predicted octanol–water partition coefficient (Wildman–Crippen LogP) is 2.43. The lowest BCUT2D eigenvalue weighted by molar-refractivity contribution is -0.137. The molecule has 1 aromatic rings. The van der Waals surface area contributed by atoms with Gasteiger partial charge in [0.05, 0.1) is 6.61 Å². The van der Waals surface area contributed by atoms with E-state index in [1.165, 1.54) is 18.2 Å². The summed E-state index contributed by atoms with van der Waals surface area (Å²) in [6.07, 6.45) is 0. The van der Waals surface area contributed by atoms with Crippen molar-refractivity contribution < 1.29 is 18.7 Å². The van der Waals surface area contributed by atoms with E-state index in [1.807, 2.05) is 5.32 Å². The smallest absolute Gasteiger partial charge is 0.322 e. The first-order chi connectivity index (χ1) is 7.34. The molecule has 0 aliphatic carbocycles. The van der Waals surface area contributed by atoms with E-state index in [9.17, 15) is 13.6 Å². The summed E-state index contributed by atoms with van der Waals surface area (Å²) in [6, 6.07) is 4.25. The molecule has 0 bridgehead atoms. The van der Waals surface area contributed by atoms with Crippen molar-refractivity contribution in [1.29, 1.82) is 0 Å². The number of carbonyl (C=O) groups excluding carboxylic acids is 1. The van der Waals surface area contributed by atoms with Crippen LogP contribution in [0, 0.1) is 0 Å². The second-order valence-corrected chi connectivity index (χ2v) is 3.74. The van der Waals surface area contributed by atoms with Crippen molar-refractivity contribution in [3.05, 3.63) is 28.8 Å². The first-order valence-electron chi connectivity index (χ1n) is 4.43. The van der Waals surface area contributed by atoms with Gasteiger partial charge in [-0.25, -0.2) is 0 Å². The molecule has 16 heavy (non-hydrogen) atoms. The molecule has 0 spiro atoms. The summed E-state index contributed by atoms with van der Waals surface area (Å²) in [6.45, 7) is 0.119. The van der Waals surface area contributed by atoms with Crippen LogP contribution < -0.4 is 5.32 Å². The van der Waals surface area contributed by atoms with Crippen LogP contribution in [0.4, 0.5) is 14.5 Å². The lowest BCUT2D eigenvalue weighted by atomic mass is 10.2. The minimum absolute atomic E-state index is 0.0847. The van der Waals surface area contributed by atoms with E-state index < -0.39 is 11.8 Å². The van der Waals surface area contributed by atoms with Crippen molar-refractivity contribution in [3.8, 4) is 0 Å². The molecule has 88 valence electrons. The van der Waals surface area contributed by atoms with Crippen LogP contribution in [0.1, 0.15) is 12.5 Å². The predicted molar refractivity (Wildman–Crippen MR) is 56.6 cm³/mol. The monoisotopic (exact) mass is 249 g/mol. The second kappa shape index (κ2) is 4.76. The van der Waals surface area contributed by atoms with Crippen LogP contribution in [-0.4, -0.2) is 16.9 Å². The van der Waals surface area contributed by atoms with Gasteiger partial charge in [0.15, 0.2) is 0 Å². The molecular formula is C10H10ClF2NO2. The molecule has 6 heteroatoms. The van der Waals surface area contributed by atoms with Crippen LogP contribution in [0.2, 0.25) is 5.02 Å².